The van der Waals surface area contributed by atoms with E-state index < -0.39 is 27.0 Å². The maximum absolute atomic E-state index is 12.1. The van der Waals surface area contributed by atoms with Gasteiger partial charge in [-0.05, 0) is 31.0 Å². The van der Waals surface area contributed by atoms with Crippen molar-refractivity contribution in [3.63, 3.8) is 0 Å². The van der Waals surface area contributed by atoms with Gasteiger partial charge in [0, 0.05) is 0 Å². The molecule has 9 heteroatoms. The van der Waals surface area contributed by atoms with Gasteiger partial charge in [0.15, 0.2) is 0 Å². The molecule has 0 unspecified atom stereocenters. The zero-order valence-corrected chi connectivity index (χ0v) is 17.0. The van der Waals surface area contributed by atoms with Crippen LogP contribution in [0.3, 0.4) is 0 Å². The molecule has 0 fully saturated rings. The summed E-state index contributed by atoms with van der Waals surface area (Å²) in [5.41, 5.74) is -0.372. The monoisotopic (exact) mass is 394 g/mol. The zero-order valence-electron chi connectivity index (χ0n) is 17.2. The molecule has 1 aromatic rings. The first-order chi connectivity index (χ1) is 12.3. The standard InChI is InChI=1S/C18H26O7S.Li.H/c1-3-5-7-11-24-17(19)14-9-10-15(16(13-14)26(21,22)23)18(20)25-12-8-6-4-2;;/h9-10,13H,3-8,11-12H2,1-2H3,(H,21,22,23);;/q;+1;-1. The third-order valence-electron chi connectivity index (χ3n) is 3.68. The number of benzene rings is 1. The molecule has 0 amide bonds. The number of unbranched alkanes of at least 4 members (excludes halogenated alkanes) is 4. The van der Waals surface area contributed by atoms with Gasteiger partial charge in [-0.15, -0.1) is 0 Å². The first-order valence-corrected chi connectivity index (χ1v) is 10.2. The van der Waals surface area contributed by atoms with Crippen molar-refractivity contribution in [2.24, 2.45) is 0 Å². The molecule has 0 aliphatic rings. The summed E-state index contributed by atoms with van der Waals surface area (Å²) in [5, 5.41) is 0. The molecule has 0 aliphatic carbocycles. The predicted molar refractivity (Wildman–Crippen MR) is 97.0 cm³/mol. The van der Waals surface area contributed by atoms with Crippen molar-refractivity contribution >= 4 is 22.1 Å². The Balaban J connectivity index is 0. The molecule has 0 aromatic heterocycles. The van der Waals surface area contributed by atoms with Crippen molar-refractivity contribution in [1.29, 1.82) is 0 Å². The van der Waals surface area contributed by atoms with Gasteiger partial charge in [-0.1, -0.05) is 39.5 Å². The SMILES string of the molecule is CCCCCOC(=O)c1ccc(C(=O)OCCCCC)c(S(=O)(=O)O)c1.[H-].[Li+]. The Morgan fingerprint density at radius 2 is 1.48 bits per heavy atom. The van der Waals surface area contributed by atoms with Crippen molar-refractivity contribution in [1.82, 2.24) is 0 Å². The minimum absolute atomic E-state index is 0. The number of hydrogen-bond acceptors (Lipinski definition) is 6. The summed E-state index contributed by atoms with van der Waals surface area (Å²) >= 11 is 0. The summed E-state index contributed by atoms with van der Waals surface area (Å²) in [4.78, 5) is 23.4. The van der Waals surface area contributed by atoms with Crippen LogP contribution in [0.25, 0.3) is 0 Å². The predicted octanol–water partition coefficient (Wildman–Crippen LogP) is 0.744. The molecular weight excluding hydrogens is 367 g/mol. The van der Waals surface area contributed by atoms with Crippen molar-refractivity contribution in [3.8, 4) is 0 Å². The normalized spacial score (nSPS) is 10.8. The fraction of sp³-hybridized carbons (Fsp3) is 0.556. The summed E-state index contributed by atoms with van der Waals surface area (Å²) in [6.45, 7) is 4.38. The molecule has 1 aromatic carbocycles. The summed E-state index contributed by atoms with van der Waals surface area (Å²) < 4.78 is 42.7. The first-order valence-electron chi connectivity index (χ1n) is 8.77. The van der Waals surface area contributed by atoms with Crippen molar-refractivity contribution in [2.45, 2.75) is 57.3 Å². The minimum atomic E-state index is -4.71. The van der Waals surface area contributed by atoms with E-state index in [4.69, 9.17) is 9.47 Å². The second-order valence-corrected chi connectivity index (χ2v) is 7.26. The minimum Gasteiger partial charge on any atom is -1.00 e. The average Bonchev–Trinajstić information content (AvgIpc) is 2.60. The molecule has 7 nitrogen and oxygen atoms in total. The van der Waals surface area contributed by atoms with Gasteiger partial charge in [-0.3, -0.25) is 4.55 Å². The quantitative estimate of drug-likeness (QED) is 0.255. The summed E-state index contributed by atoms with van der Waals surface area (Å²) in [6.07, 6.45) is 5.07. The summed E-state index contributed by atoms with van der Waals surface area (Å²) in [6, 6.07) is 3.35. The van der Waals surface area contributed by atoms with E-state index in [1.807, 2.05) is 13.8 Å². The molecule has 0 spiro atoms. The van der Waals surface area contributed by atoms with Crippen LogP contribution in [0, 0.1) is 0 Å². The van der Waals surface area contributed by atoms with E-state index in [2.05, 4.69) is 0 Å². The number of ether oxygens (including phenoxy) is 2. The Morgan fingerprint density at radius 3 is 1.96 bits per heavy atom. The van der Waals surface area contributed by atoms with Gasteiger partial charge in [-0.25, -0.2) is 9.59 Å². The Kier molecular flexibility index (Phi) is 12.3. The fourth-order valence-electron chi connectivity index (χ4n) is 2.23. The third-order valence-corrected chi connectivity index (χ3v) is 4.57. The molecular formula is C18H27LiO7S. The van der Waals surface area contributed by atoms with E-state index in [0.717, 1.165) is 37.8 Å². The van der Waals surface area contributed by atoms with Crippen LogP contribution in [0.15, 0.2) is 23.1 Å². The molecule has 148 valence electrons. The maximum Gasteiger partial charge on any atom is 1.00 e. The number of esters is 2. The molecule has 0 saturated carbocycles. The number of rotatable bonds is 11. The molecule has 0 bridgehead atoms. The Bertz CT molecular complexity index is 723. The molecule has 0 saturated heterocycles. The van der Waals surface area contributed by atoms with Crippen LogP contribution in [-0.4, -0.2) is 38.1 Å². The van der Waals surface area contributed by atoms with Gasteiger partial charge >= 0.3 is 30.8 Å². The number of hydrogen-bond donors (Lipinski definition) is 1. The van der Waals surface area contributed by atoms with Crippen LogP contribution in [-0.2, 0) is 19.6 Å². The van der Waals surface area contributed by atoms with Gasteiger partial charge in [0.1, 0.15) is 4.90 Å². The Hall–Kier alpha value is -1.33. The van der Waals surface area contributed by atoms with Crippen molar-refractivity contribution in [2.75, 3.05) is 13.2 Å². The van der Waals surface area contributed by atoms with E-state index in [1.54, 1.807) is 0 Å². The molecule has 0 heterocycles. The molecule has 1 rings (SSSR count). The van der Waals surface area contributed by atoms with Crippen LogP contribution in [0.2, 0.25) is 0 Å². The van der Waals surface area contributed by atoms with Gasteiger partial charge in [0.25, 0.3) is 10.1 Å². The Morgan fingerprint density at radius 1 is 0.963 bits per heavy atom. The average molecular weight is 394 g/mol. The second kappa shape index (κ2) is 12.9. The fourth-order valence-corrected chi connectivity index (χ4v) is 2.93. The zero-order chi connectivity index (χ0) is 19.6. The van der Waals surface area contributed by atoms with E-state index in [1.165, 1.54) is 6.07 Å². The third kappa shape index (κ3) is 8.93. The van der Waals surface area contributed by atoms with Crippen LogP contribution in [0.5, 0.6) is 0 Å². The molecule has 1 N–H and O–H groups in total. The van der Waals surface area contributed by atoms with E-state index in [9.17, 15) is 22.6 Å². The van der Waals surface area contributed by atoms with Crippen LogP contribution in [0.4, 0.5) is 0 Å². The van der Waals surface area contributed by atoms with Crippen LogP contribution >= 0.6 is 0 Å². The van der Waals surface area contributed by atoms with Crippen LogP contribution in [0.1, 0.15) is 74.5 Å². The second-order valence-electron chi connectivity index (χ2n) is 5.87. The first kappa shape index (κ1) is 25.7. The van der Waals surface area contributed by atoms with Crippen molar-refractivity contribution < 1.29 is 52.3 Å². The Labute approximate surface area is 174 Å². The van der Waals surface area contributed by atoms with Gasteiger partial charge < -0.3 is 10.9 Å². The number of carbonyl (C=O) groups excluding carboxylic acids is 2. The van der Waals surface area contributed by atoms with Crippen LogP contribution < -0.4 is 18.9 Å². The van der Waals surface area contributed by atoms with E-state index >= 15 is 0 Å². The van der Waals surface area contributed by atoms with E-state index in [-0.39, 0.29) is 44.6 Å². The molecule has 0 aliphatic heterocycles. The smallest absolute Gasteiger partial charge is 1.00 e. The molecule has 0 radical (unpaired) electrons. The topological polar surface area (TPSA) is 107 Å². The summed E-state index contributed by atoms with van der Waals surface area (Å²) in [7, 11) is -4.71. The maximum atomic E-state index is 12.1. The van der Waals surface area contributed by atoms with Gasteiger partial charge in [0.2, 0.25) is 0 Å². The molecule has 27 heavy (non-hydrogen) atoms. The van der Waals surface area contributed by atoms with Gasteiger partial charge in [0.05, 0.1) is 24.3 Å². The van der Waals surface area contributed by atoms with Crippen molar-refractivity contribution in [3.05, 3.63) is 29.3 Å². The van der Waals surface area contributed by atoms with Gasteiger partial charge in [-0.2, -0.15) is 8.42 Å². The van der Waals surface area contributed by atoms with E-state index in [0.29, 0.717) is 12.8 Å². The molecule has 0 atom stereocenters. The number of carbonyl (C=O) groups is 2. The summed E-state index contributed by atoms with van der Waals surface area (Å²) in [5.74, 6) is -1.58. The largest absolute Gasteiger partial charge is 1.00 e.